The average Bonchev–Trinajstić information content (AvgIpc) is 3.33. The summed E-state index contributed by atoms with van der Waals surface area (Å²) in [5.74, 6) is 2.63. The Morgan fingerprint density at radius 2 is 2.00 bits per heavy atom. The molecule has 0 radical (unpaired) electrons. The molecular formula is C18H24N6S. The highest BCUT2D eigenvalue weighted by atomic mass is 32.1. The van der Waals surface area contributed by atoms with Crippen LogP contribution in [0.1, 0.15) is 40.2 Å². The number of hydrogen-bond donors (Lipinski definition) is 0. The molecule has 3 aromatic rings. The smallest absolute Gasteiger partial charge is 0.152 e. The minimum atomic E-state index is 0.510. The number of rotatable bonds is 5. The number of aromatic nitrogens is 5. The fourth-order valence-corrected chi connectivity index (χ4v) is 4.48. The van der Waals surface area contributed by atoms with E-state index in [-0.39, 0.29) is 0 Å². The molecule has 0 bridgehead atoms. The van der Waals surface area contributed by atoms with Gasteiger partial charge in [-0.3, -0.25) is 4.90 Å². The molecule has 0 N–H and O–H groups in total. The zero-order chi connectivity index (χ0) is 17.2. The molecular weight excluding hydrogens is 332 g/mol. The van der Waals surface area contributed by atoms with Crippen LogP contribution in [0.15, 0.2) is 30.9 Å². The Labute approximate surface area is 152 Å². The third-order valence-corrected chi connectivity index (χ3v) is 6.00. The summed E-state index contributed by atoms with van der Waals surface area (Å²) in [6.07, 6.45) is 7.88. The first-order valence-corrected chi connectivity index (χ1v) is 9.62. The first kappa shape index (κ1) is 16.5. The van der Waals surface area contributed by atoms with Gasteiger partial charge in [0.25, 0.3) is 0 Å². The predicted molar refractivity (Wildman–Crippen MR) is 98.6 cm³/mol. The van der Waals surface area contributed by atoms with Gasteiger partial charge in [0.1, 0.15) is 5.82 Å². The van der Waals surface area contributed by atoms with Gasteiger partial charge in [-0.05, 0) is 45.0 Å². The molecule has 1 aliphatic heterocycles. The van der Waals surface area contributed by atoms with E-state index in [1.54, 1.807) is 6.20 Å². The number of nitrogens with zero attached hydrogens (tertiary/aromatic N) is 6. The van der Waals surface area contributed by atoms with E-state index in [4.69, 9.17) is 0 Å². The van der Waals surface area contributed by atoms with Crippen LogP contribution < -0.4 is 0 Å². The van der Waals surface area contributed by atoms with Crippen molar-refractivity contribution in [2.45, 2.75) is 38.8 Å². The van der Waals surface area contributed by atoms with Gasteiger partial charge in [0, 0.05) is 41.7 Å². The van der Waals surface area contributed by atoms with Gasteiger partial charge < -0.3 is 9.13 Å². The summed E-state index contributed by atoms with van der Waals surface area (Å²) in [5, 5.41) is 8.90. The van der Waals surface area contributed by atoms with Gasteiger partial charge in [0.2, 0.25) is 0 Å². The summed E-state index contributed by atoms with van der Waals surface area (Å²) in [5.41, 5.74) is 0. The molecule has 132 valence electrons. The van der Waals surface area contributed by atoms with E-state index in [1.807, 2.05) is 28.4 Å². The van der Waals surface area contributed by atoms with Gasteiger partial charge in [-0.2, -0.15) is 0 Å². The molecule has 25 heavy (non-hydrogen) atoms. The third kappa shape index (κ3) is 3.67. The number of imidazole rings is 1. The average molecular weight is 356 g/mol. The second-order valence-electron chi connectivity index (χ2n) is 6.83. The summed E-state index contributed by atoms with van der Waals surface area (Å²) in [4.78, 5) is 9.52. The van der Waals surface area contributed by atoms with Crippen molar-refractivity contribution >= 4 is 11.3 Å². The van der Waals surface area contributed by atoms with E-state index in [0.29, 0.717) is 5.92 Å². The maximum atomic E-state index is 4.50. The molecule has 7 heteroatoms. The maximum Gasteiger partial charge on any atom is 0.152 e. The summed E-state index contributed by atoms with van der Waals surface area (Å²) in [7, 11) is 2.09. The van der Waals surface area contributed by atoms with E-state index in [0.717, 1.165) is 50.7 Å². The molecule has 1 saturated heterocycles. The quantitative estimate of drug-likeness (QED) is 0.705. The fourth-order valence-electron chi connectivity index (χ4n) is 3.55. The van der Waals surface area contributed by atoms with Crippen molar-refractivity contribution in [2.75, 3.05) is 13.1 Å². The van der Waals surface area contributed by atoms with Gasteiger partial charge in [-0.1, -0.05) is 0 Å². The topological polar surface area (TPSA) is 51.8 Å². The number of aryl methyl sites for hydroxylation is 1. The molecule has 0 aliphatic carbocycles. The highest BCUT2D eigenvalue weighted by Gasteiger charge is 2.25. The van der Waals surface area contributed by atoms with E-state index in [9.17, 15) is 0 Å². The van der Waals surface area contributed by atoms with Crippen molar-refractivity contribution in [1.82, 2.24) is 29.2 Å². The Kier molecular flexibility index (Phi) is 4.67. The molecule has 0 saturated carbocycles. The Morgan fingerprint density at radius 1 is 1.16 bits per heavy atom. The van der Waals surface area contributed by atoms with Crippen molar-refractivity contribution in [3.05, 3.63) is 52.3 Å². The second-order valence-corrected chi connectivity index (χ2v) is 8.20. The molecule has 0 aromatic carbocycles. The summed E-state index contributed by atoms with van der Waals surface area (Å²) in [6, 6.07) is 4.48. The summed E-state index contributed by atoms with van der Waals surface area (Å²) >= 11 is 1.91. The van der Waals surface area contributed by atoms with Crippen molar-refractivity contribution in [1.29, 1.82) is 0 Å². The maximum absolute atomic E-state index is 4.50. The van der Waals surface area contributed by atoms with Crippen LogP contribution in [-0.2, 0) is 20.1 Å². The Balaban J connectivity index is 1.37. The minimum Gasteiger partial charge on any atom is -0.330 e. The lowest BCUT2D eigenvalue weighted by Gasteiger charge is -2.31. The first-order valence-electron chi connectivity index (χ1n) is 8.80. The van der Waals surface area contributed by atoms with Crippen LogP contribution in [0.2, 0.25) is 0 Å². The van der Waals surface area contributed by atoms with Crippen LogP contribution in [0.4, 0.5) is 0 Å². The number of piperidine rings is 1. The van der Waals surface area contributed by atoms with Crippen LogP contribution >= 0.6 is 11.3 Å². The monoisotopic (exact) mass is 356 g/mol. The van der Waals surface area contributed by atoms with Gasteiger partial charge in [-0.15, -0.1) is 21.5 Å². The van der Waals surface area contributed by atoms with Crippen molar-refractivity contribution in [2.24, 2.45) is 7.05 Å². The minimum absolute atomic E-state index is 0.510. The SMILES string of the molecule is Cc1ccc(CN2CCC(c3nnc(Cn4ccnc4)n3C)CC2)s1. The predicted octanol–water partition coefficient (Wildman–Crippen LogP) is 2.81. The van der Waals surface area contributed by atoms with Gasteiger partial charge in [-0.25, -0.2) is 4.98 Å². The van der Waals surface area contributed by atoms with Crippen molar-refractivity contribution in [3.8, 4) is 0 Å². The zero-order valence-corrected chi connectivity index (χ0v) is 15.6. The first-order chi connectivity index (χ1) is 12.2. The lowest BCUT2D eigenvalue weighted by molar-refractivity contribution is 0.202. The largest absolute Gasteiger partial charge is 0.330 e. The molecule has 0 amide bonds. The molecule has 0 unspecified atom stereocenters. The fraction of sp³-hybridized carbons (Fsp3) is 0.500. The van der Waals surface area contributed by atoms with Crippen LogP contribution in [0.3, 0.4) is 0 Å². The Bertz CT molecular complexity index is 811. The third-order valence-electron chi connectivity index (χ3n) is 5.01. The number of likely N-dealkylation sites (tertiary alicyclic amines) is 1. The molecule has 1 fully saturated rings. The van der Waals surface area contributed by atoms with Gasteiger partial charge >= 0.3 is 0 Å². The highest BCUT2D eigenvalue weighted by molar-refractivity contribution is 7.11. The van der Waals surface area contributed by atoms with Crippen LogP contribution in [-0.4, -0.2) is 42.3 Å². The summed E-state index contributed by atoms with van der Waals surface area (Å²) < 4.78 is 4.20. The second kappa shape index (κ2) is 7.09. The van der Waals surface area contributed by atoms with Crippen LogP contribution in [0.5, 0.6) is 0 Å². The standard InChI is InChI=1S/C18H24N6S/c1-14-3-4-16(25-14)11-23-8-5-15(6-9-23)18-21-20-17(22(18)2)12-24-10-7-19-13-24/h3-4,7,10,13,15H,5-6,8-9,11-12H2,1-2H3. The Hall–Kier alpha value is -1.99. The van der Waals surface area contributed by atoms with E-state index in [1.165, 1.54) is 9.75 Å². The summed E-state index contributed by atoms with van der Waals surface area (Å²) in [6.45, 7) is 6.24. The number of thiophene rings is 1. The van der Waals surface area contributed by atoms with E-state index < -0.39 is 0 Å². The Morgan fingerprint density at radius 3 is 2.68 bits per heavy atom. The lowest BCUT2D eigenvalue weighted by Crippen LogP contribution is -2.33. The van der Waals surface area contributed by atoms with Crippen molar-refractivity contribution in [3.63, 3.8) is 0 Å². The normalized spacial score (nSPS) is 16.6. The molecule has 1 aliphatic rings. The van der Waals surface area contributed by atoms with Crippen LogP contribution in [0.25, 0.3) is 0 Å². The van der Waals surface area contributed by atoms with Gasteiger partial charge in [0.05, 0.1) is 12.9 Å². The molecule has 4 heterocycles. The zero-order valence-electron chi connectivity index (χ0n) is 14.8. The van der Waals surface area contributed by atoms with E-state index in [2.05, 4.69) is 50.8 Å². The molecule has 6 nitrogen and oxygen atoms in total. The van der Waals surface area contributed by atoms with Crippen LogP contribution in [0, 0.1) is 6.92 Å². The molecule has 0 spiro atoms. The lowest BCUT2D eigenvalue weighted by atomic mass is 9.96. The van der Waals surface area contributed by atoms with Gasteiger partial charge in [0.15, 0.2) is 5.82 Å². The van der Waals surface area contributed by atoms with Crippen molar-refractivity contribution < 1.29 is 0 Å². The molecule has 4 rings (SSSR count). The number of hydrogen-bond acceptors (Lipinski definition) is 5. The molecule has 3 aromatic heterocycles. The molecule has 0 atom stereocenters. The van der Waals surface area contributed by atoms with E-state index >= 15 is 0 Å². The highest BCUT2D eigenvalue weighted by Crippen LogP contribution is 2.28.